The van der Waals surface area contributed by atoms with Crippen molar-refractivity contribution in [3.05, 3.63) is 28.2 Å². The maximum Gasteiger partial charge on any atom is 0.261 e. The van der Waals surface area contributed by atoms with Crippen LogP contribution in [0.5, 0.6) is 5.75 Å². The molecule has 2 atom stereocenters. The monoisotopic (exact) mass is 360 g/mol. The molecule has 128 valence electrons. The molecule has 1 amide bonds. The van der Waals surface area contributed by atoms with Gasteiger partial charge < -0.3 is 14.8 Å². The van der Waals surface area contributed by atoms with Crippen molar-refractivity contribution < 1.29 is 14.3 Å². The number of hydrogen-bond donors (Lipinski definition) is 1. The second kappa shape index (κ2) is 8.73. The van der Waals surface area contributed by atoms with Crippen molar-refractivity contribution in [2.45, 2.75) is 26.0 Å². The minimum absolute atomic E-state index is 0.0292. The van der Waals surface area contributed by atoms with E-state index in [1.807, 2.05) is 6.92 Å². The van der Waals surface area contributed by atoms with Gasteiger partial charge in [0, 0.05) is 25.7 Å². The van der Waals surface area contributed by atoms with Crippen LogP contribution in [-0.2, 0) is 9.53 Å². The third-order valence-electron chi connectivity index (χ3n) is 3.61. The van der Waals surface area contributed by atoms with E-state index in [1.165, 1.54) is 0 Å². The molecular weight excluding hydrogens is 339 g/mol. The molecule has 0 spiro atoms. The first-order valence-electron chi connectivity index (χ1n) is 7.68. The summed E-state index contributed by atoms with van der Waals surface area (Å²) in [7, 11) is 0. The van der Waals surface area contributed by atoms with Gasteiger partial charge in [-0.2, -0.15) is 0 Å². The molecule has 0 aromatic heterocycles. The summed E-state index contributed by atoms with van der Waals surface area (Å²) in [5, 5.41) is 3.67. The first-order valence-corrected chi connectivity index (χ1v) is 8.44. The third kappa shape index (κ3) is 5.53. The fraction of sp³-hybridized carbons (Fsp3) is 0.562. The van der Waals surface area contributed by atoms with E-state index in [9.17, 15) is 4.79 Å². The minimum atomic E-state index is -0.655. The van der Waals surface area contributed by atoms with Gasteiger partial charge in [-0.15, -0.1) is 0 Å². The molecule has 5 nitrogen and oxygen atoms in total. The molecule has 1 saturated heterocycles. The molecule has 1 aromatic rings. The average molecular weight is 361 g/mol. The Morgan fingerprint density at radius 3 is 2.74 bits per heavy atom. The predicted molar refractivity (Wildman–Crippen MR) is 91.4 cm³/mol. The lowest BCUT2D eigenvalue weighted by atomic mass is 10.2. The minimum Gasteiger partial charge on any atom is -0.479 e. The molecule has 1 aliphatic heterocycles. The van der Waals surface area contributed by atoms with Gasteiger partial charge in [-0.1, -0.05) is 29.3 Å². The lowest BCUT2D eigenvalue weighted by molar-refractivity contribution is -0.128. The molecule has 2 rings (SSSR count). The Morgan fingerprint density at radius 2 is 2.04 bits per heavy atom. The molecule has 1 heterocycles. The van der Waals surface area contributed by atoms with E-state index in [0.29, 0.717) is 15.8 Å². The fourth-order valence-corrected chi connectivity index (χ4v) is 2.73. The highest BCUT2D eigenvalue weighted by Crippen LogP contribution is 2.32. The first kappa shape index (κ1) is 18.3. The molecule has 0 aliphatic carbocycles. The number of halogens is 2. The number of ether oxygens (including phenoxy) is 2. The smallest absolute Gasteiger partial charge is 0.261 e. The first-order chi connectivity index (χ1) is 11.0. The Labute approximate surface area is 146 Å². The van der Waals surface area contributed by atoms with Gasteiger partial charge in [-0.05, 0) is 26.0 Å². The van der Waals surface area contributed by atoms with Crippen molar-refractivity contribution in [2.24, 2.45) is 0 Å². The molecule has 1 aliphatic rings. The molecule has 7 heteroatoms. The zero-order valence-electron chi connectivity index (χ0n) is 13.4. The second-order valence-corrected chi connectivity index (χ2v) is 6.42. The average Bonchev–Trinajstić information content (AvgIpc) is 2.52. The largest absolute Gasteiger partial charge is 0.479 e. The SMILES string of the molecule is CC(CN1CCOCC1)NC(=O)C(C)Oc1cccc(Cl)c1Cl. The Morgan fingerprint density at radius 1 is 1.35 bits per heavy atom. The number of carbonyl (C=O) groups excluding carboxylic acids is 1. The maximum absolute atomic E-state index is 12.2. The zero-order valence-corrected chi connectivity index (χ0v) is 14.9. The summed E-state index contributed by atoms with van der Waals surface area (Å²) in [6.07, 6.45) is -0.655. The summed E-state index contributed by atoms with van der Waals surface area (Å²) in [5.74, 6) is 0.226. The maximum atomic E-state index is 12.2. The van der Waals surface area contributed by atoms with Crippen LogP contribution < -0.4 is 10.1 Å². The number of carbonyl (C=O) groups is 1. The second-order valence-electron chi connectivity index (χ2n) is 5.63. The Bertz CT molecular complexity index is 536. The Balaban J connectivity index is 1.83. The molecule has 0 radical (unpaired) electrons. The summed E-state index contributed by atoms with van der Waals surface area (Å²) in [4.78, 5) is 14.5. The Hall–Kier alpha value is -1.01. The van der Waals surface area contributed by atoms with Crippen LogP contribution in [0.1, 0.15) is 13.8 Å². The number of hydrogen-bond acceptors (Lipinski definition) is 4. The molecular formula is C16H22Cl2N2O3. The van der Waals surface area contributed by atoms with E-state index < -0.39 is 6.10 Å². The highest BCUT2D eigenvalue weighted by atomic mass is 35.5. The van der Waals surface area contributed by atoms with Crippen LogP contribution >= 0.6 is 23.2 Å². The van der Waals surface area contributed by atoms with Crippen LogP contribution in [0.25, 0.3) is 0 Å². The summed E-state index contributed by atoms with van der Waals surface area (Å²) >= 11 is 12.0. The van der Waals surface area contributed by atoms with Crippen molar-refractivity contribution in [2.75, 3.05) is 32.8 Å². The summed E-state index contributed by atoms with van der Waals surface area (Å²) in [5.41, 5.74) is 0. The van der Waals surface area contributed by atoms with E-state index in [2.05, 4.69) is 10.2 Å². The number of nitrogens with zero attached hydrogens (tertiary/aromatic N) is 1. The third-order valence-corrected chi connectivity index (χ3v) is 4.42. The van der Waals surface area contributed by atoms with Crippen LogP contribution in [0, 0.1) is 0 Å². The number of amides is 1. The normalized spacial score (nSPS) is 18.3. The van der Waals surface area contributed by atoms with Crippen molar-refractivity contribution in [3.63, 3.8) is 0 Å². The highest BCUT2D eigenvalue weighted by Gasteiger charge is 2.20. The van der Waals surface area contributed by atoms with Crippen LogP contribution in [0.3, 0.4) is 0 Å². The van der Waals surface area contributed by atoms with Gasteiger partial charge in [0.25, 0.3) is 5.91 Å². The van der Waals surface area contributed by atoms with Gasteiger partial charge in [0.1, 0.15) is 10.8 Å². The van der Waals surface area contributed by atoms with Gasteiger partial charge in [0.05, 0.1) is 18.2 Å². The van der Waals surface area contributed by atoms with Gasteiger partial charge in [0.2, 0.25) is 0 Å². The molecule has 0 bridgehead atoms. The fourth-order valence-electron chi connectivity index (χ4n) is 2.40. The van der Waals surface area contributed by atoms with Gasteiger partial charge in [0.15, 0.2) is 6.10 Å². The van der Waals surface area contributed by atoms with Crippen molar-refractivity contribution >= 4 is 29.1 Å². The quantitative estimate of drug-likeness (QED) is 0.846. The number of morpholine rings is 1. The predicted octanol–water partition coefficient (Wildman–Crippen LogP) is 2.60. The topological polar surface area (TPSA) is 50.8 Å². The number of rotatable bonds is 6. The molecule has 2 unspecified atom stereocenters. The summed E-state index contributed by atoms with van der Waals surface area (Å²) < 4.78 is 10.9. The van der Waals surface area contributed by atoms with E-state index in [0.717, 1.165) is 32.8 Å². The lowest BCUT2D eigenvalue weighted by Crippen LogP contribution is -2.48. The van der Waals surface area contributed by atoms with Gasteiger partial charge in [-0.3, -0.25) is 9.69 Å². The summed E-state index contributed by atoms with van der Waals surface area (Å²) in [6.45, 7) is 7.73. The van der Waals surface area contributed by atoms with E-state index in [-0.39, 0.29) is 11.9 Å². The molecule has 23 heavy (non-hydrogen) atoms. The van der Waals surface area contributed by atoms with Crippen molar-refractivity contribution in [3.8, 4) is 5.75 Å². The van der Waals surface area contributed by atoms with E-state index >= 15 is 0 Å². The van der Waals surface area contributed by atoms with Crippen molar-refractivity contribution in [1.82, 2.24) is 10.2 Å². The van der Waals surface area contributed by atoms with E-state index in [1.54, 1.807) is 25.1 Å². The van der Waals surface area contributed by atoms with Crippen LogP contribution in [0.2, 0.25) is 10.0 Å². The van der Waals surface area contributed by atoms with Crippen LogP contribution in [0.15, 0.2) is 18.2 Å². The highest BCUT2D eigenvalue weighted by molar-refractivity contribution is 6.42. The molecule has 1 aromatic carbocycles. The number of benzene rings is 1. The van der Waals surface area contributed by atoms with Gasteiger partial charge in [-0.25, -0.2) is 0 Å². The zero-order chi connectivity index (χ0) is 16.8. The lowest BCUT2D eigenvalue weighted by Gasteiger charge is -2.29. The van der Waals surface area contributed by atoms with E-state index in [4.69, 9.17) is 32.7 Å². The standard InChI is InChI=1S/C16H22Cl2N2O3/c1-11(10-20-6-8-22-9-7-20)19-16(21)12(2)23-14-5-3-4-13(17)15(14)18/h3-5,11-12H,6-10H2,1-2H3,(H,19,21). The molecule has 1 N–H and O–H groups in total. The van der Waals surface area contributed by atoms with Gasteiger partial charge >= 0.3 is 0 Å². The Kier molecular flexibility index (Phi) is 6.96. The van der Waals surface area contributed by atoms with Crippen LogP contribution in [-0.4, -0.2) is 55.8 Å². The van der Waals surface area contributed by atoms with Crippen molar-refractivity contribution in [1.29, 1.82) is 0 Å². The molecule has 1 fully saturated rings. The molecule has 0 saturated carbocycles. The van der Waals surface area contributed by atoms with Crippen LogP contribution in [0.4, 0.5) is 0 Å². The number of nitrogens with one attached hydrogen (secondary N) is 1. The summed E-state index contributed by atoms with van der Waals surface area (Å²) in [6, 6.07) is 5.12.